The van der Waals surface area contributed by atoms with Crippen molar-refractivity contribution in [1.82, 2.24) is 4.90 Å². The highest BCUT2D eigenvalue weighted by atomic mass is 16.5. The van der Waals surface area contributed by atoms with Crippen molar-refractivity contribution >= 4 is 5.97 Å². The van der Waals surface area contributed by atoms with Gasteiger partial charge in [0.15, 0.2) is 0 Å². The summed E-state index contributed by atoms with van der Waals surface area (Å²) in [4.78, 5) is 13.9. The fourth-order valence-electron chi connectivity index (χ4n) is 5.19. The summed E-state index contributed by atoms with van der Waals surface area (Å²) in [6, 6.07) is 0. The zero-order valence-corrected chi connectivity index (χ0v) is 15.7. The van der Waals surface area contributed by atoms with Gasteiger partial charge in [0.1, 0.15) is 0 Å². The Morgan fingerprint density at radius 3 is 2.71 bits per heavy atom. The molecular weight excluding hydrogens is 302 g/mol. The Morgan fingerprint density at radius 2 is 2.04 bits per heavy atom. The van der Waals surface area contributed by atoms with Crippen molar-refractivity contribution in [2.45, 2.75) is 53.1 Å². The number of fused-ring (bicyclic) bond motifs is 2. The highest BCUT2D eigenvalue weighted by Gasteiger charge is 2.54. The average Bonchev–Trinajstić information content (AvgIpc) is 2.54. The van der Waals surface area contributed by atoms with E-state index in [0.717, 1.165) is 6.54 Å². The van der Waals surface area contributed by atoms with E-state index in [2.05, 4.69) is 31.7 Å². The third kappa shape index (κ3) is 3.28. The van der Waals surface area contributed by atoms with Gasteiger partial charge in [0, 0.05) is 24.8 Å². The molecule has 0 aromatic rings. The Hall–Kier alpha value is -0.870. The second-order valence-corrected chi connectivity index (χ2v) is 8.24. The van der Waals surface area contributed by atoms with Crippen LogP contribution in [-0.2, 0) is 14.3 Å². The minimum Gasteiger partial charge on any atom is -0.465 e. The van der Waals surface area contributed by atoms with E-state index in [1.165, 1.54) is 44.8 Å². The molecule has 0 N–H and O–H groups in total. The van der Waals surface area contributed by atoms with Gasteiger partial charge < -0.3 is 14.4 Å². The second kappa shape index (κ2) is 7.17. The predicted octanol–water partition coefficient (Wildman–Crippen LogP) is 3.27. The SMILES string of the molecule is CC(=O)OC[C@]12CO[C@H](CN3CCCCC3)[C@H](C(C)=C[C@H]1C)[C@@H]2C. The molecule has 2 bridgehead atoms. The van der Waals surface area contributed by atoms with Crippen molar-refractivity contribution in [2.24, 2.45) is 23.2 Å². The first-order valence-electron chi connectivity index (χ1n) is 9.59. The van der Waals surface area contributed by atoms with E-state index < -0.39 is 0 Å². The van der Waals surface area contributed by atoms with Crippen LogP contribution in [0.3, 0.4) is 0 Å². The van der Waals surface area contributed by atoms with Gasteiger partial charge in [-0.05, 0) is 44.7 Å². The summed E-state index contributed by atoms with van der Waals surface area (Å²) in [7, 11) is 0. The molecule has 136 valence electrons. The summed E-state index contributed by atoms with van der Waals surface area (Å²) < 4.78 is 11.9. The van der Waals surface area contributed by atoms with E-state index in [-0.39, 0.29) is 17.5 Å². The molecule has 0 aromatic carbocycles. The Kier molecular flexibility index (Phi) is 5.36. The fourth-order valence-corrected chi connectivity index (χ4v) is 5.19. The number of rotatable bonds is 4. The number of piperidine rings is 1. The van der Waals surface area contributed by atoms with Gasteiger partial charge in [0.2, 0.25) is 0 Å². The molecule has 0 amide bonds. The van der Waals surface area contributed by atoms with Gasteiger partial charge in [-0.25, -0.2) is 0 Å². The first-order chi connectivity index (χ1) is 11.4. The van der Waals surface area contributed by atoms with E-state index in [1.807, 2.05) is 0 Å². The van der Waals surface area contributed by atoms with Crippen molar-refractivity contribution in [1.29, 1.82) is 0 Å². The van der Waals surface area contributed by atoms with Gasteiger partial charge in [0.05, 0.1) is 19.3 Å². The lowest BCUT2D eigenvalue weighted by molar-refractivity contribution is -0.182. The molecule has 2 heterocycles. The normalized spacial score (nSPS) is 40.1. The average molecular weight is 335 g/mol. The number of likely N-dealkylation sites (tertiary alicyclic amines) is 1. The maximum Gasteiger partial charge on any atom is 0.302 e. The van der Waals surface area contributed by atoms with Crippen LogP contribution in [0.2, 0.25) is 0 Å². The molecule has 0 unspecified atom stereocenters. The molecule has 2 aliphatic heterocycles. The third-order valence-electron chi connectivity index (χ3n) is 6.79. The number of carbonyl (C=O) groups excluding carboxylic acids is 1. The highest BCUT2D eigenvalue weighted by Crippen LogP contribution is 2.52. The minimum atomic E-state index is -0.193. The molecule has 3 rings (SSSR count). The largest absolute Gasteiger partial charge is 0.465 e. The maximum atomic E-state index is 11.4. The second-order valence-electron chi connectivity index (χ2n) is 8.24. The topological polar surface area (TPSA) is 38.8 Å². The number of hydrogen-bond acceptors (Lipinski definition) is 4. The Balaban J connectivity index is 1.77. The van der Waals surface area contributed by atoms with Crippen LogP contribution in [0.1, 0.15) is 47.0 Å². The smallest absolute Gasteiger partial charge is 0.302 e. The molecule has 4 nitrogen and oxygen atoms in total. The van der Waals surface area contributed by atoms with Crippen LogP contribution in [0.4, 0.5) is 0 Å². The van der Waals surface area contributed by atoms with E-state index in [0.29, 0.717) is 31.0 Å². The number of hydrogen-bond donors (Lipinski definition) is 0. The van der Waals surface area contributed by atoms with Crippen LogP contribution in [0, 0.1) is 23.2 Å². The summed E-state index contributed by atoms with van der Waals surface area (Å²) in [6.45, 7) is 13.0. The third-order valence-corrected chi connectivity index (χ3v) is 6.79. The molecule has 0 radical (unpaired) electrons. The zero-order valence-electron chi connectivity index (χ0n) is 15.7. The van der Waals surface area contributed by atoms with Gasteiger partial charge in [-0.15, -0.1) is 0 Å². The van der Waals surface area contributed by atoms with E-state index in [4.69, 9.17) is 9.47 Å². The predicted molar refractivity (Wildman–Crippen MR) is 94.7 cm³/mol. The molecule has 5 atom stereocenters. The van der Waals surface area contributed by atoms with E-state index in [1.54, 1.807) is 0 Å². The molecule has 1 aliphatic carbocycles. The van der Waals surface area contributed by atoms with E-state index >= 15 is 0 Å². The number of carbonyl (C=O) groups is 1. The molecule has 0 aromatic heterocycles. The van der Waals surface area contributed by atoms with Crippen LogP contribution in [-0.4, -0.2) is 49.8 Å². The Morgan fingerprint density at radius 1 is 1.33 bits per heavy atom. The summed E-state index contributed by atoms with van der Waals surface area (Å²) in [5.41, 5.74) is 1.38. The van der Waals surface area contributed by atoms with Crippen LogP contribution in [0.25, 0.3) is 0 Å². The van der Waals surface area contributed by atoms with Crippen LogP contribution >= 0.6 is 0 Å². The first kappa shape index (κ1) is 17.9. The van der Waals surface area contributed by atoms with Gasteiger partial charge in [-0.3, -0.25) is 4.79 Å². The van der Waals surface area contributed by atoms with Crippen molar-refractivity contribution in [3.8, 4) is 0 Å². The van der Waals surface area contributed by atoms with Crippen LogP contribution < -0.4 is 0 Å². The fraction of sp³-hybridized carbons (Fsp3) is 0.850. The standard InChI is InChI=1S/C20H33NO3/c1-14-10-15(2)20(12-23-17(4)22)13-24-18(19(14)16(20)3)11-21-8-6-5-7-9-21/h10,15-16,18-19H,5-9,11-13H2,1-4H3/t15-,16+,18-,19-,20+/m1/s1. The number of esters is 1. The first-order valence-corrected chi connectivity index (χ1v) is 9.59. The Labute approximate surface area is 146 Å². The zero-order chi connectivity index (χ0) is 17.3. The van der Waals surface area contributed by atoms with Crippen LogP contribution in [0.15, 0.2) is 11.6 Å². The molecular formula is C20H33NO3. The van der Waals surface area contributed by atoms with Crippen LogP contribution in [0.5, 0.6) is 0 Å². The molecule has 3 aliphatic rings. The molecule has 2 fully saturated rings. The molecule has 0 spiro atoms. The highest BCUT2D eigenvalue weighted by molar-refractivity contribution is 5.65. The summed E-state index contributed by atoms with van der Waals surface area (Å²) >= 11 is 0. The van der Waals surface area contributed by atoms with Gasteiger partial charge >= 0.3 is 5.97 Å². The quantitative estimate of drug-likeness (QED) is 0.584. The van der Waals surface area contributed by atoms with Gasteiger partial charge in [0.25, 0.3) is 0 Å². The molecule has 2 saturated heterocycles. The lowest BCUT2D eigenvalue weighted by Crippen LogP contribution is -2.58. The molecule has 4 heteroatoms. The van der Waals surface area contributed by atoms with Gasteiger partial charge in [-0.1, -0.05) is 31.9 Å². The van der Waals surface area contributed by atoms with Crippen molar-refractivity contribution in [3.05, 3.63) is 11.6 Å². The molecule has 24 heavy (non-hydrogen) atoms. The lowest BCUT2D eigenvalue weighted by Gasteiger charge is -2.55. The monoisotopic (exact) mass is 335 g/mol. The van der Waals surface area contributed by atoms with Crippen molar-refractivity contribution in [2.75, 3.05) is 32.8 Å². The van der Waals surface area contributed by atoms with E-state index in [9.17, 15) is 4.79 Å². The number of nitrogens with zero attached hydrogens (tertiary/aromatic N) is 1. The summed E-state index contributed by atoms with van der Waals surface area (Å²) in [6.07, 6.45) is 6.67. The van der Waals surface area contributed by atoms with Crippen molar-refractivity contribution in [3.63, 3.8) is 0 Å². The van der Waals surface area contributed by atoms with Crippen molar-refractivity contribution < 1.29 is 14.3 Å². The minimum absolute atomic E-state index is 0.0752. The Bertz CT molecular complexity index is 497. The molecule has 0 saturated carbocycles. The summed E-state index contributed by atoms with van der Waals surface area (Å²) in [5.74, 6) is 1.09. The maximum absolute atomic E-state index is 11.4. The van der Waals surface area contributed by atoms with Gasteiger partial charge in [-0.2, -0.15) is 0 Å². The summed E-state index contributed by atoms with van der Waals surface area (Å²) in [5, 5.41) is 0. The number of allylic oxidation sites excluding steroid dienone is 1. The number of ether oxygens (including phenoxy) is 2. The lowest BCUT2D eigenvalue weighted by atomic mass is 9.56.